The second-order valence-corrected chi connectivity index (χ2v) is 5.69. The SMILES string of the molecule is C=C(CC)c1ccc(-c2ccc(CCCCC)cc2)cc1. The van der Waals surface area contributed by atoms with Gasteiger partial charge in [0.2, 0.25) is 0 Å². The van der Waals surface area contributed by atoms with Gasteiger partial charge in [-0.05, 0) is 47.1 Å². The molecule has 0 heterocycles. The van der Waals surface area contributed by atoms with E-state index in [1.165, 1.54) is 53.5 Å². The number of allylic oxidation sites excluding steroid dienone is 1. The minimum absolute atomic E-state index is 1.01. The van der Waals surface area contributed by atoms with Crippen molar-refractivity contribution in [1.29, 1.82) is 0 Å². The van der Waals surface area contributed by atoms with Crippen LogP contribution in [0.4, 0.5) is 0 Å². The van der Waals surface area contributed by atoms with Gasteiger partial charge < -0.3 is 0 Å². The topological polar surface area (TPSA) is 0 Å². The van der Waals surface area contributed by atoms with E-state index < -0.39 is 0 Å². The average molecular weight is 278 g/mol. The Kier molecular flexibility index (Phi) is 5.80. The maximum atomic E-state index is 4.09. The fourth-order valence-electron chi connectivity index (χ4n) is 2.55. The summed E-state index contributed by atoms with van der Waals surface area (Å²) in [4.78, 5) is 0. The third kappa shape index (κ3) is 4.32. The Labute approximate surface area is 129 Å². The fraction of sp³-hybridized carbons (Fsp3) is 0.333. The lowest BCUT2D eigenvalue weighted by molar-refractivity contribution is 0.717. The molecule has 0 nitrogen and oxygen atoms in total. The minimum atomic E-state index is 1.01. The van der Waals surface area contributed by atoms with Crippen LogP contribution in [0.5, 0.6) is 0 Å². The summed E-state index contributed by atoms with van der Waals surface area (Å²) in [6.07, 6.45) is 6.11. The van der Waals surface area contributed by atoms with Crippen molar-refractivity contribution in [2.75, 3.05) is 0 Å². The molecule has 2 aromatic rings. The third-order valence-electron chi connectivity index (χ3n) is 4.08. The van der Waals surface area contributed by atoms with Gasteiger partial charge in [0.15, 0.2) is 0 Å². The van der Waals surface area contributed by atoms with Crippen LogP contribution in [-0.4, -0.2) is 0 Å². The van der Waals surface area contributed by atoms with E-state index >= 15 is 0 Å². The lowest BCUT2D eigenvalue weighted by Crippen LogP contribution is -1.86. The Bertz CT molecular complexity index is 558. The minimum Gasteiger partial charge on any atom is -0.0952 e. The van der Waals surface area contributed by atoms with Crippen LogP contribution in [0.2, 0.25) is 0 Å². The van der Waals surface area contributed by atoms with E-state index in [0.29, 0.717) is 0 Å². The van der Waals surface area contributed by atoms with Crippen molar-refractivity contribution in [2.24, 2.45) is 0 Å². The van der Waals surface area contributed by atoms with Gasteiger partial charge in [-0.2, -0.15) is 0 Å². The molecule has 0 atom stereocenters. The van der Waals surface area contributed by atoms with Gasteiger partial charge >= 0.3 is 0 Å². The van der Waals surface area contributed by atoms with Crippen LogP contribution < -0.4 is 0 Å². The summed E-state index contributed by atoms with van der Waals surface area (Å²) >= 11 is 0. The molecular formula is C21H26. The highest BCUT2D eigenvalue weighted by Crippen LogP contribution is 2.23. The van der Waals surface area contributed by atoms with Crippen molar-refractivity contribution in [1.82, 2.24) is 0 Å². The summed E-state index contributed by atoms with van der Waals surface area (Å²) in [5, 5.41) is 0. The summed E-state index contributed by atoms with van der Waals surface area (Å²) in [7, 11) is 0. The number of aryl methyl sites for hydroxylation is 1. The number of hydrogen-bond donors (Lipinski definition) is 0. The molecule has 0 saturated heterocycles. The average Bonchev–Trinajstić information content (AvgIpc) is 2.55. The molecule has 0 spiro atoms. The lowest BCUT2D eigenvalue weighted by atomic mass is 9.98. The van der Waals surface area contributed by atoms with Gasteiger partial charge in [0.05, 0.1) is 0 Å². The summed E-state index contributed by atoms with van der Waals surface area (Å²) < 4.78 is 0. The number of hydrogen-bond acceptors (Lipinski definition) is 0. The fourth-order valence-corrected chi connectivity index (χ4v) is 2.55. The second kappa shape index (κ2) is 7.83. The number of unbranched alkanes of at least 4 members (excludes halogenated alkanes) is 2. The highest BCUT2D eigenvalue weighted by molar-refractivity contribution is 5.69. The molecule has 0 radical (unpaired) electrons. The maximum Gasteiger partial charge on any atom is -0.0184 e. The Hall–Kier alpha value is -1.82. The predicted molar refractivity (Wildman–Crippen MR) is 94.4 cm³/mol. The standard InChI is InChI=1S/C21H26/c1-4-6-7-8-18-9-11-20(12-10-18)21-15-13-19(14-16-21)17(3)5-2/h9-16H,3-8H2,1-2H3. The molecule has 0 N–H and O–H groups in total. The highest BCUT2D eigenvalue weighted by Gasteiger charge is 2.00. The summed E-state index contributed by atoms with van der Waals surface area (Å²) in [5.74, 6) is 0. The molecule has 2 rings (SSSR count). The molecule has 0 unspecified atom stereocenters. The van der Waals surface area contributed by atoms with Gasteiger partial charge in [-0.25, -0.2) is 0 Å². The molecule has 0 bridgehead atoms. The van der Waals surface area contributed by atoms with Gasteiger partial charge in [0, 0.05) is 0 Å². The van der Waals surface area contributed by atoms with Gasteiger partial charge in [-0.1, -0.05) is 81.8 Å². The van der Waals surface area contributed by atoms with Crippen LogP contribution in [0.3, 0.4) is 0 Å². The Morgan fingerprint density at radius 1 is 0.810 bits per heavy atom. The van der Waals surface area contributed by atoms with E-state index in [4.69, 9.17) is 0 Å². The molecule has 110 valence electrons. The monoisotopic (exact) mass is 278 g/mol. The molecular weight excluding hydrogens is 252 g/mol. The van der Waals surface area contributed by atoms with E-state index in [-0.39, 0.29) is 0 Å². The first kappa shape index (κ1) is 15.6. The Morgan fingerprint density at radius 3 is 1.90 bits per heavy atom. The lowest BCUT2D eigenvalue weighted by Gasteiger charge is -2.07. The van der Waals surface area contributed by atoms with Crippen molar-refractivity contribution in [3.05, 3.63) is 66.2 Å². The van der Waals surface area contributed by atoms with Crippen LogP contribution in [0, 0.1) is 0 Å². The molecule has 0 aliphatic rings. The molecule has 0 aromatic heterocycles. The number of benzene rings is 2. The molecule has 0 saturated carbocycles. The normalized spacial score (nSPS) is 10.6. The largest absolute Gasteiger partial charge is 0.0952 e. The molecule has 0 heteroatoms. The van der Waals surface area contributed by atoms with Crippen molar-refractivity contribution < 1.29 is 0 Å². The van der Waals surface area contributed by atoms with Gasteiger partial charge in [-0.15, -0.1) is 0 Å². The molecule has 2 aromatic carbocycles. The smallest absolute Gasteiger partial charge is 0.0184 e. The van der Waals surface area contributed by atoms with E-state index in [1.54, 1.807) is 0 Å². The molecule has 0 fully saturated rings. The predicted octanol–water partition coefficient (Wildman–Crippen LogP) is 6.51. The first-order valence-electron chi connectivity index (χ1n) is 8.12. The number of rotatable bonds is 7. The zero-order valence-electron chi connectivity index (χ0n) is 13.4. The van der Waals surface area contributed by atoms with E-state index in [2.05, 4.69) is 69.0 Å². The molecule has 0 aliphatic carbocycles. The first-order valence-corrected chi connectivity index (χ1v) is 8.12. The first-order chi connectivity index (χ1) is 10.2. The third-order valence-corrected chi connectivity index (χ3v) is 4.08. The van der Waals surface area contributed by atoms with Crippen molar-refractivity contribution in [3.8, 4) is 11.1 Å². The van der Waals surface area contributed by atoms with Crippen molar-refractivity contribution in [3.63, 3.8) is 0 Å². The molecule has 0 aliphatic heterocycles. The molecule has 21 heavy (non-hydrogen) atoms. The summed E-state index contributed by atoms with van der Waals surface area (Å²) in [6.45, 7) is 8.49. The van der Waals surface area contributed by atoms with Crippen LogP contribution in [0.1, 0.15) is 50.7 Å². The summed E-state index contributed by atoms with van der Waals surface area (Å²) in [5.41, 5.74) is 6.47. The van der Waals surface area contributed by atoms with Crippen LogP contribution >= 0.6 is 0 Å². The zero-order valence-corrected chi connectivity index (χ0v) is 13.4. The Balaban J connectivity index is 2.06. The van der Waals surface area contributed by atoms with E-state index in [1.807, 2.05) is 0 Å². The maximum absolute atomic E-state index is 4.09. The highest BCUT2D eigenvalue weighted by atomic mass is 14.1. The Morgan fingerprint density at radius 2 is 1.38 bits per heavy atom. The van der Waals surface area contributed by atoms with Crippen LogP contribution in [0.25, 0.3) is 16.7 Å². The quantitative estimate of drug-likeness (QED) is 0.506. The molecule has 0 amide bonds. The van der Waals surface area contributed by atoms with Gasteiger partial charge in [0.25, 0.3) is 0 Å². The van der Waals surface area contributed by atoms with E-state index in [0.717, 1.165) is 6.42 Å². The van der Waals surface area contributed by atoms with Crippen LogP contribution in [0.15, 0.2) is 55.1 Å². The second-order valence-electron chi connectivity index (χ2n) is 5.69. The van der Waals surface area contributed by atoms with Gasteiger partial charge in [-0.3, -0.25) is 0 Å². The van der Waals surface area contributed by atoms with Gasteiger partial charge in [0.1, 0.15) is 0 Å². The summed E-state index contributed by atoms with van der Waals surface area (Å²) in [6, 6.07) is 17.8. The van der Waals surface area contributed by atoms with Crippen molar-refractivity contribution >= 4 is 5.57 Å². The van der Waals surface area contributed by atoms with Crippen molar-refractivity contribution in [2.45, 2.75) is 46.0 Å². The van der Waals surface area contributed by atoms with E-state index in [9.17, 15) is 0 Å². The zero-order chi connectivity index (χ0) is 15.1. The van der Waals surface area contributed by atoms with Crippen LogP contribution in [-0.2, 0) is 6.42 Å².